The smallest absolute Gasteiger partial charge is 0.0118 e. The Morgan fingerprint density at radius 3 is 2.42 bits per heavy atom. The average molecular weight is 493 g/mol. The maximum absolute atomic E-state index is 2.46. The Hall–Kier alpha value is -3.64. The van der Waals surface area contributed by atoms with Gasteiger partial charge >= 0.3 is 0 Å². The van der Waals surface area contributed by atoms with Gasteiger partial charge in [-0.25, -0.2) is 0 Å². The first-order valence-electron chi connectivity index (χ1n) is 14.6. The molecular formula is C38H36. The summed E-state index contributed by atoms with van der Waals surface area (Å²) in [7, 11) is 0. The molecule has 38 heavy (non-hydrogen) atoms. The van der Waals surface area contributed by atoms with Crippen LogP contribution in [0.4, 0.5) is 0 Å². The Labute approximate surface area is 227 Å². The first-order valence-corrected chi connectivity index (χ1v) is 14.6. The van der Waals surface area contributed by atoms with Crippen molar-refractivity contribution in [2.45, 2.75) is 63.7 Å². The number of fused-ring (bicyclic) bond motifs is 2. The summed E-state index contributed by atoms with van der Waals surface area (Å²) in [5, 5.41) is 2.78. The first kappa shape index (κ1) is 23.5. The molecule has 1 atom stereocenters. The van der Waals surface area contributed by atoms with Gasteiger partial charge < -0.3 is 0 Å². The third-order valence-corrected chi connectivity index (χ3v) is 9.00. The summed E-state index contributed by atoms with van der Waals surface area (Å²) in [5.41, 5.74) is 13.1. The van der Waals surface area contributed by atoms with Gasteiger partial charge in [-0.3, -0.25) is 0 Å². The predicted octanol–water partition coefficient (Wildman–Crippen LogP) is 8.42. The fourth-order valence-electron chi connectivity index (χ4n) is 6.79. The molecule has 5 aliphatic rings. The summed E-state index contributed by atoms with van der Waals surface area (Å²) in [6.07, 6.45) is 36.5. The van der Waals surface area contributed by atoms with E-state index < -0.39 is 0 Å². The second-order valence-electron chi connectivity index (χ2n) is 11.4. The lowest BCUT2D eigenvalue weighted by Crippen LogP contribution is -2.21. The molecule has 2 aromatic rings. The Balaban J connectivity index is 1.14. The lowest BCUT2D eigenvalue weighted by Gasteiger charge is -2.23. The molecule has 0 spiro atoms. The van der Waals surface area contributed by atoms with Crippen molar-refractivity contribution in [3.63, 3.8) is 0 Å². The molecule has 188 valence electrons. The van der Waals surface area contributed by atoms with E-state index in [0.717, 1.165) is 38.5 Å². The monoisotopic (exact) mass is 492 g/mol. The van der Waals surface area contributed by atoms with E-state index in [4.69, 9.17) is 0 Å². The van der Waals surface area contributed by atoms with Crippen LogP contribution in [0.3, 0.4) is 0 Å². The SMILES string of the molecule is C1=CC(c2ccc3c(c2)CCC(C2=CC=C(C4=CC=c5ccc6c(c5)C(CC=C4)CCC=6)CC2)=C3)=CCC1. The number of benzene rings is 2. The molecule has 0 heterocycles. The van der Waals surface area contributed by atoms with Crippen molar-refractivity contribution in [1.82, 2.24) is 0 Å². The van der Waals surface area contributed by atoms with Crippen molar-refractivity contribution in [1.29, 1.82) is 0 Å². The molecule has 2 aromatic carbocycles. The van der Waals surface area contributed by atoms with Gasteiger partial charge in [0.05, 0.1) is 0 Å². The van der Waals surface area contributed by atoms with Gasteiger partial charge in [0.25, 0.3) is 0 Å². The zero-order valence-electron chi connectivity index (χ0n) is 22.3. The molecule has 2 bridgehead atoms. The molecular weight excluding hydrogens is 456 g/mol. The van der Waals surface area contributed by atoms with E-state index in [9.17, 15) is 0 Å². The topological polar surface area (TPSA) is 0 Å². The van der Waals surface area contributed by atoms with Crippen LogP contribution in [0.1, 0.15) is 79.5 Å². The number of allylic oxidation sites excluding steroid dienone is 13. The normalized spacial score (nSPS) is 22.0. The highest BCUT2D eigenvalue weighted by atomic mass is 14.2. The molecule has 0 aliphatic heterocycles. The van der Waals surface area contributed by atoms with Gasteiger partial charge in [-0.2, -0.15) is 0 Å². The third kappa shape index (κ3) is 4.69. The second-order valence-corrected chi connectivity index (χ2v) is 11.4. The van der Waals surface area contributed by atoms with Crippen molar-refractivity contribution in [3.05, 3.63) is 140 Å². The van der Waals surface area contributed by atoms with Gasteiger partial charge in [-0.15, -0.1) is 0 Å². The lowest BCUT2D eigenvalue weighted by molar-refractivity contribution is 0.632. The molecule has 0 saturated heterocycles. The van der Waals surface area contributed by atoms with E-state index >= 15 is 0 Å². The Morgan fingerprint density at radius 2 is 1.53 bits per heavy atom. The van der Waals surface area contributed by atoms with Gasteiger partial charge in [-0.05, 0) is 124 Å². The van der Waals surface area contributed by atoms with Crippen LogP contribution in [0.15, 0.2) is 107 Å². The van der Waals surface area contributed by atoms with Crippen molar-refractivity contribution < 1.29 is 0 Å². The Morgan fingerprint density at radius 1 is 0.632 bits per heavy atom. The summed E-state index contributed by atoms with van der Waals surface area (Å²) >= 11 is 0. The van der Waals surface area contributed by atoms with E-state index in [0.29, 0.717) is 5.92 Å². The fraction of sp³-hybridized carbons (Fsp3) is 0.263. The number of hydrogen-bond donors (Lipinski definition) is 0. The van der Waals surface area contributed by atoms with Crippen LogP contribution in [0, 0.1) is 0 Å². The first-order chi connectivity index (χ1) is 18.8. The molecule has 0 saturated carbocycles. The van der Waals surface area contributed by atoms with Gasteiger partial charge in [0.15, 0.2) is 0 Å². The fourth-order valence-corrected chi connectivity index (χ4v) is 6.79. The van der Waals surface area contributed by atoms with Crippen LogP contribution < -0.4 is 10.4 Å². The molecule has 0 radical (unpaired) electrons. The maximum atomic E-state index is 2.46. The summed E-state index contributed by atoms with van der Waals surface area (Å²) in [6, 6.07) is 14.1. The summed E-state index contributed by atoms with van der Waals surface area (Å²) in [5.74, 6) is 0.652. The third-order valence-electron chi connectivity index (χ3n) is 9.00. The minimum atomic E-state index is 0.652. The Bertz CT molecular complexity index is 1620. The van der Waals surface area contributed by atoms with E-state index in [-0.39, 0.29) is 0 Å². The zero-order valence-corrected chi connectivity index (χ0v) is 22.3. The molecule has 0 aromatic heterocycles. The van der Waals surface area contributed by atoms with Crippen molar-refractivity contribution in [2.75, 3.05) is 0 Å². The molecule has 0 nitrogen and oxygen atoms in total. The van der Waals surface area contributed by atoms with E-state index in [1.54, 1.807) is 0 Å². The maximum Gasteiger partial charge on any atom is -0.0118 e. The van der Waals surface area contributed by atoms with E-state index in [2.05, 4.69) is 103 Å². The summed E-state index contributed by atoms with van der Waals surface area (Å²) in [4.78, 5) is 0. The highest BCUT2D eigenvalue weighted by Gasteiger charge is 2.18. The summed E-state index contributed by atoms with van der Waals surface area (Å²) < 4.78 is 0. The highest BCUT2D eigenvalue weighted by molar-refractivity contribution is 5.77. The second kappa shape index (κ2) is 10.3. The van der Waals surface area contributed by atoms with Gasteiger partial charge in [-0.1, -0.05) is 103 Å². The van der Waals surface area contributed by atoms with Gasteiger partial charge in [0.2, 0.25) is 0 Å². The average Bonchev–Trinajstić information content (AvgIpc) is 2.99. The molecule has 0 fully saturated rings. The number of aryl methyl sites for hydroxylation is 1. The molecule has 0 heteroatoms. The lowest BCUT2D eigenvalue weighted by atomic mass is 9.82. The molecule has 0 N–H and O–H groups in total. The van der Waals surface area contributed by atoms with Crippen LogP contribution in [0.2, 0.25) is 0 Å². The van der Waals surface area contributed by atoms with Crippen LogP contribution in [0.5, 0.6) is 0 Å². The minimum absolute atomic E-state index is 0.652. The molecule has 7 rings (SSSR count). The van der Waals surface area contributed by atoms with Crippen molar-refractivity contribution in [3.8, 4) is 0 Å². The summed E-state index contributed by atoms with van der Waals surface area (Å²) in [6.45, 7) is 0. The van der Waals surface area contributed by atoms with Crippen LogP contribution in [-0.4, -0.2) is 0 Å². The van der Waals surface area contributed by atoms with E-state index in [1.807, 2.05) is 0 Å². The van der Waals surface area contributed by atoms with Crippen LogP contribution in [0.25, 0.3) is 23.8 Å². The molecule has 5 aliphatic carbocycles. The van der Waals surface area contributed by atoms with Crippen molar-refractivity contribution in [2.24, 2.45) is 0 Å². The van der Waals surface area contributed by atoms with Crippen molar-refractivity contribution >= 4 is 23.8 Å². The largest absolute Gasteiger partial charge is 0.0836 e. The highest BCUT2D eigenvalue weighted by Crippen LogP contribution is 2.36. The van der Waals surface area contributed by atoms with Crippen LogP contribution >= 0.6 is 0 Å². The predicted molar refractivity (Wildman–Crippen MR) is 163 cm³/mol. The minimum Gasteiger partial charge on any atom is -0.0836 e. The van der Waals surface area contributed by atoms with Crippen LogP contribution in [-0.2, 0) is 6.42 Å². The van der Waals surface area contributed by atoms with Gasteiger partial charge in [0, 0.05) is 0 Å². The quantitative estimate of drug-likeness (QED) is 0.403. The zero-order chi connectivity index (χ0) is 25.3. The molecule has 1 unspecified atom stereocenters. The number of hydrogen-bond acceptors (Lipinski definition) is 0. The standard InChI is InChI=1S/C38H36/c1-2-6-28(7-3-1)34-20-22-37-26-35(21-23-36(37)25-34)31-18-16-30(17-19-31)29-8-4-9-32-10-5-11-33-15-13-27(12-14-29)24-38(32)33/h2,4,6-8,11-16,18,20,22,24-26,32H,1,3,5,9-10,17,19,21,23H2. The number of rotatable bonds is 3. The van der Waals surface area contributed by atoms with E-state index in [1.165, 1.54) is 79.8 Å². The Kier molecular flexibility index (Phi) is 6.34. The molecule has 0 amide bonds. The van der Waals surface area contributed by atoms with Gasteiger partial charge in [0.1, 0.15) is 0 Å².